The summed E-state index contributed by atoms with van der Waals surface area (Å²) in [4.78, 5) is 11.8. The van der Waals surface area contributed by atoms with Crippen LogP contribution in [0.15, 0.2) is 18.2 Å². The first-order chi connectivity index (χ1) is 9.90. The minimum Gasteiger partial charge on any atom is -0.482 e. The lowest BCUT2D eigenvalue weighted by Crippen LogP contribution is -2.46. The first-order valence-corrected chi connectivity index (χ1v) is 7.04. The van der Waals surface area contributed by atoms with Crippen LogP contribution < -0.4 is 10.1 Å². The molecular formula is C14H19Cl2NO4. The van der Waals surface area contributed by atoms with E-state index in [4.69, 9.17) is 37.4 Å². The second-order valence-corrected chi connectivity index (χ2v) is 5.57. The molecule has 7 heteroatoms. The summed E-state index contributed by atoms with van der Waals surface area (Å²) in [6.07, 6.45) is 0. The van der Waals surface area contributed by atoms with Crippen molar-refractivity contribution in [2.75, 3.05) is 34.0 Å². The summed E-state index contributed by atoms with van der Waals surface area (Å²) in [7, 11) is 3.14. The number of carbonyl (C=O) groups is 1. The summed E-state index contributed by atoms with van der Waals surface area (Å²) in [5, 5.41) is 3.59. The highest BCUT2D eigenvalue weighted by Crippen LogP contribution is 2.27. The van der Waals surface area contributed by atoms with Gasteiger partial charge < -0.3 is 19.5 Å². The maximum absolute atomic E-state index is 11.8. The Bertz CT molecular complexity index is 484. The molecule has 1 aromatic rings. The van der Waals surface area contributed by atoms with Gasteiger partial charge in [-0.3, -0.25) is 4.79 Å². The highest BCUT2D eigenvalue weighted by atomic mass is 35.5. The molecule has 0 aliphatic rings. The Balaban J connectivity index is 2.44. The SMILES string of the molecule is COCC(C)(CNC(=O)COc1ccc(Cl)cc1Cl)OC. The predicted molar refractivity (Wildman–Crippen MR) is 82.3 cm³/mol. The van der Waals surface area contributed by atoms with Gasteiger partial charge in [0, 0.05) is 25.8 Å². The second-order valence-electron chi connectivity index (χ2n) is 4.73. The van der Waals surface area contributed by atoms with E-state index in [1.54, 1.807) is 32.4 Å². The van der Waals surface area contributed by atoms with E-state index in [0.29, 0.717) is 28.9 Å². The molecule has 5 nitrogen and oxygen atoms in total. The van der Waals surface area contributed by atoms with E-state index in [2.05, 4.69) is 5.32 Å². The van der Waals surface area contributed by atoms with Crippen molar-refractivity contribution in [1.82, 2.24) is 5.32 Å². The number of hydrogen-bond donors (Lipinski definition) is 1. The Kier molecular flexibility index (Phi) is 7.25. The Labute approximate surface area is 134 Å². The van der Waals surface area contributed by atoms with E-state index in [-0.39, 0.29) is 12.5 Å². The molecule has 1 amide bonds. The molecule has 1 N–H and O–H groups in total. The van der Waals surface area contributed by atoms with Crippen molar-refractivity contribution < 1.29 is 19.0 Å². The lowest BCUT2D eigenvalue weighted by atomic mass is 10.1. The standard InChI is InChI=1S/C14H19Cl2NO4/c1-14(20-3,9-19-2)8-17-13(18)7-21-12-5-4-10(15)6-11(12)16/h4-6H,7-9H2,1-3H3,(H,17,18). The molecule has 21 heavy (non-hydrogen) atoms. The van der Waals surface area contributed by atoms with Gasteiger partial charge in [-0.1, -0.05) is 23.2 Å². The van der Waals surface area contributed by atoms with Gasteiger partial charge >= 0.3 is 0 Å². The molecule has 0 fully saturated rings. The average Bonchev–Trinajstić information content (AvgIpc) is 2.44. The van der Waals surface area contributed by atoms with Crippen molar-refractivity contribution in [2.45, 2.75) is 12.5 Å². The lowest BCUT2D eigenvalue weighted by molar-refractivity contribution is -0.125. The van der Waals surface area contributed by atoms with Gasteiger partial charge in [0.25, 0.3) is 5.91 Å². The van der Waals surface area contributed by atoms with Crippen molar-refractivity contribution in [3.63, 3.8) is 0 Å². The summed E-state index contributed by atoms with van der Waals surface area (Å²) in [5.74, 6) is 0.128. The summed E-state index contributed by atoms with van der Waals surface area (Å²) in [6.45, 7) is 2.38. The molecular weight excluding hydrogens is 317 g/mol. The van der Waals surface area contributed by atoms with Crippen molar-refractivity contribution >= 4 is 29.1 Å². The second kappa shape index (κ2) is 8.44. The first-order valence-electron chi connectivity index (χ1n) is 6.29. The fraction of sp³-hybridized carbons (Fsp3) is 0.500. The van der Waals surface area contributed by atoms with Crippen LogP contribution in [0.25, 0.3) is 0 Å². The van der Waals surface area contributed by atoms with Gasteiger partial charge in [0.05, 0.1) is 11.6 Å². The van der Waals surface area contributed by atoms with Crippen LogP contribution in [0.2, 0.25) is 10.0 Å². The molecule has 0 aromatic heterocycles. The van der Waals surface area contributed by atoms with Crippen molar-refractivity contribution in [1.29, 1.82) is 0 Å². The topological polar surface area (TPSA) is 56.8 Å². The lowest BCUT2D eigenvalue weighted by Gasteiger charge is -2.27. The molecule has 0 aliphatic carbocycles. The summed E-state index contributed by atoms with van der Waals surface area (Å²) < 4.78 is 15.7. The quantitative estimate of drug-likeness (QED) is 0.793. The molecule has 0 aliphatic heterocycles. The third-order valence-electron chi connectivity index (χ3n) is 2.85. The summed E-state index contributed by atoms with van der Waals surface area (Å²) in [6, 6.07) is 4.81. The Morgan fingerprint density at radius 3 is 2.62 bits per heavy atom. The first kappa shape index (κ1) is 18.0. The number of hydrogen-bond acceptors (Lipinski definition) is 4. The average molecular weight is 336 g/mol. The van der Waals surface area contributed by atoms with Crippen LogP contribution in [0.5, 0.6) is 5.75 Å². The van der Waals surface area contributed by atoms with E-state index in [9.17, 15) is 4.79 Å². The molecule has 0 saturated carbocycles. The van der Waals surface area contributed by atoms with Gasteiger partial charge in [-0.15, -0.1) is 0 Å². The normalized spacial score (nSPS) is 13.6. The predicted octanol–water partition coefficient (Wildman–Crippen LogP) is 2.54. The van der Waals surface area contributed by atoms with Gasteiger partial charge in [0.1, 0.15) is 11.4 Å². The minimum atomic E-state index is -0.581. The molecule has 1 unspecified atom stereocenters. The fourth-order valence-electron chi connectivity index (χ4n) is 1.56. The maximum Gasteiger partial charge on any atom is 0.258 e. The highest BCUT2D eigenvalue weighted by molar-refractivity contribution is 6.35. The molecule has 118 valence electrons. The molecule has 1 rings (SSSR count). The van der Waals surface area contributed by atoms with Crippen LogP contribution in [0.3, 0.4) is 0 Å². The van der Waals surface area contributed by atoms with Gasteiger partial charge in [-0.25, -0.2) is 0 Å². The third-order valence-corrected chi connectivity index (χ3v) is 3.39. The number of ether oxygens (including phenoxy) is 3. The van der Waals surface area contributed by atoms with E-state index < -0.39 is 5.60 Å². The minimum absolute atomic E-state index is 0.145. The Morgan fingerprint density at radius 2 is 2.05 bits per heavy atom. The number of benzene rings is 1. The smallest absolute Gasteiger partial charge is 0.258 e. The van der Waals surface area contributed by atoms with Crippen LogP contribution in [-0.4, -0.2) is 45.5 Å². The Hall–Kier alpha value is -1.01. The largest absolute Gasteiger partial charge is 0.482 e. The van der Waals surface area contributed by atoms with Crippen LogP contribution in [0, 0.1) is 0 Å². The molecule has 0 radical (unpaired) electrons. The summed E-state index contributed by atoms with van der Waals surface area (Å²) >= 11 is 11.7. The maximum atomic E-state index is 11.8. The molecule has 0 saturated heterocycles. The highest BCUT2D eigenvalue weighted by Gasteiger charge is 2.24. The van der Waals surface area contributed by atoms with Crippen LogP contribution in [-0.2, 0) is 14.3 Å². The number of rotatable bonds is 8. The van der Waals surface area contributed by atoms with E-state index in [1.807, 2.05) is 6.92 Å². The van der Waals surface area contributed by atoms with Crippen molar-refractivity contribution in [3.8, 4) is 5.75 Å². The third kappa shape index (κ3) is 6.09. The van der Waals surface area contributed by atoms with E-state index in [0.717, 1.165) is 0 Å². The summed E-state index contributed by atoms with van der Waals surface area (Å²) in [5.41, 5.74) is -0.581. The van der Waals surface area contributed by atoms with Crippen LogP contribution >= 0.6 is 23.2 Å². The zero-order valence-corrected chi connectivity index (χ0v) is 13.8. The van der Waals surface area contributed by atoms with Gasteiger partial charge in [-0.05, 0) is 25.1 Å². The van der Waals surface area contributed by atoms with Gasteiger partial charge in [-0.2, -0.15) is 0 Å². The molecule has 0 spiro atoms. The van der Waals surface area contributed by atoms with Gasteiger partial charge in [0.2, 0.25) is 0 Å². The molecule has 0 bridgehead atoms. The molecule has 0 heterocycles. The van der Waals surface area contributed by atoms with Crippen molar-refractivity contribution in [2.24, 2.45) is 0 Å². The fourth-order valence-corrected chi connectivity index (χ4v) is 2.02. The Morgan fingerprint density at radius 1 is 1.33 bits per heavy atom. The number of nitrogens with one attached hydrogen (secondary N) is 1. The monoisotopic (exact) mass is 335 g/mol. The number of carbonyl (C=O) groups excluding carboxylic acids is 1. The van der Waals surface area contributed by atoms with E-state index in [1.165, 1.54) is 0 Å². The zero-order chi connectivity index (χ0) is 15.9. The number of methoxy groups -OCH3 is 2. The van der Waals surface area contributed by atoms with E-state index >= 15 is 0 Å². The zero-order valence-electron chi connectivity index (χ0n) is 12.2. The number of halogens is 2. The molecule has 1 atom stereocenters. The van der Waals surface area contributed by atoms with Crippen LogP contribution in [0.4, 0.5) is 0 Å². The van der Waals surface area contributed by atoms with Gasteiger partial charge in [0.15, 0.2) is 6.61 Å². The number of amides is 1. The van der Waals surface area contributed by atoms with Crippen LogP contribution in [0.1, 0.15) is 6.92 Å². The van der Waals surface area contributed by atoms with Crippen molar-refractivity contribution in [3.05, 3.63) is 28.2 Å². The molecule has 1 aromatic carbocycles.